The van der Waals surface area contributed by atoms with Gasteiger partial charge in [0.05, 0.1) is 11.2 Å². The van der Waals surface area contributed by atoms with Crippen LogP contribution in [0.15, 0.2) is 66.1 Å². The number of aromatic hydroxyl groups is 1. The Labute approximate surface area is 226 Å². The van der Waals surface area contributed by atoms with Crippen molar-refractivity contribution in [2.24, 2.45) is 0 Å². The van der Waals surface area contributed by atoms with E-state index in [1.54, 1.807) is 0 Å². The van der Waals surface area contributed by atoms with Crippen LogP contribution in [0.5, 0.6) is 5.75 Å². The van der Waals surface area contributed by atoms with E-state index in [0.29, 0.717) is 11.5 Å². The van der Waals surface area contributed by atoms with E-state index >= 15 is 0 Å². The normalized spacial score (nSPS) is 17.6. The lowest BCUT2D eigenvalue weighted by molar-refractivity contribution is 0.00578. The number of ether oxygens (including phenoxy) is 1. The number of phenolic OH excluding ortho intramolecular Hbond substituents is 1. The number of phenols is 1. The lowest BCUT2D eigenvalue weighted by Gasteiger charge is -2.32. The number of rotatable bonds is 6. The Hall–Kier alpha value is -3.69. The van der Waals surface area contributed by atoms with E-state index in [2.05, 4.69) is 17.4 Å². The molecule has 1 amide bonds. The Morgan fingerprint density at radius 3 is 2.10 bits per heavy atom. The first-order valence-electron chi connectivity index (χ1n) is 12.8. The van der Waals surface area contributed by atoms with Crippen molar-refractivity contribution in [2.75, 3.05) is 13.2 Å². The van der Waals surface area contributed by atoms with Crippen LogP contribution in [0, 0.1) is 11.6 Å². The first-order chi connectivity index (χ1) is 18.5. The Balaban J connectivity index is 1.33. The number of carbonyl (C=O) groups is 1. The maximum atomic E-state index is 13.9. The third kappa shape index (κ3) is 5.16. The fourth-order valence-electron chi connectivity index (χ4n) is 4.89. The van der Waals surface area contributed by atoms with Gasteiger partial charge in [-0.2, -0.15) is 0 Å². The average molecular weight is 533 g/mol. The zero-order valence-corrected chi connectivity index (χ0v) is 22.3. The lowest BCUT2D eigenvalue weighted by atomic mass is 9.77. The van der Waals surface area contributed by atoms with Crippen LogP contribution in [0.3, 0.4) is 0 Å². The molecule has 2 N–H and O–H groups in total. The molecule has 2 aliphatic rings. The molecule has 202 valence electrons. The fraction of sp³-hybridized carbons (Fsp3) is 0.300. The zero-order chi connectivity index (χ0) is 27.9. The van der Waals surface area contributed by atoms with Crippen molar-refractivity contribution in [2.45, 2.75) is 44.8 Å². The third-order valence-electron chi connectivity index (χ3n) is 7.75. The van der Waals surface area contributed by atoms with Gasteiger partial charge in [-0.25, -0.2) is 13.6 Å². The second-order valence-corrected chi connectivity index (χ2v) is 10.8. The molecule has 0 aromatic heterocycles. The summed E-state index contributed by atoms with van der Waals surface area (Å²) in [6, 6.07) is 17.7. The van der Waals surface area contributed by atoms with Gasteiger partial charge in [-0.1, -0.05) is 54.6 Å². The van der Waals surface area contributed by atoms with Crippen molar-refractivity contribution in [3.8, 4) is 16.9 Å². The monoisotopic (exact) mass is 533 g/mol. The molecule has 0 radical (unpaired) electrons. The van der Waals surface area contributed by atoms with Gasteiger partial charge in [-0.05, 0) is 61.5 Å². The second kappa shape index (κ2) is 10.1. The molecule has 39 heavy (non-hydrogen) atoms. The van der Waals surface area contributed by atoms with Gasteiger partial charge in [0.15, 0.2) is 11.6 Å². The molecule has 6 nitrogen and oxygen atoms in total. The summed E-state index contributed by atoms with van der Waals surface area (Å²) in [4.78, 5) is 12.8. The maximum Gasteiger partial charge on any atom is 0.492 e. The van der Waals surface area contributed by atoms with E-state index in [0.717, 1.165) is 28.3 Å². The summed E-state index contributed by atoms with van der Waals surface area (Å²) in [5.74, 6) is -2.83. The maximum absolute atomic E-state index is 13.9. The number of benzene rings is 3. The SMILES string of the molecule is CC1(C)OB(C(=Cc2cc(F)c(F)cc2O)CNC(=O)OCC2c3ccccc3-c3ccccc32)OC1(C)C. The number of amides is 1. The summed E-state index contributed by atoms with van der Waals surface area (Å²) < 4.78 is 45.4. The van der Waals surface area contributed by atoms with Gasteiger partial charge >= 0.3 is 13.2 Å². The first-order valence-corrected chi connectivity index (χ1v) is 12.8. The molecule has 1 aliphatic heterocycles. The average Bonchev–Trinajstić information content (AvgIpc) is 3.32. The highest BCUT2D eigenvalue weighted by atomic mass is 19.2. The minimum atomic E-state index is -1.17. The second-order valence-electron chi connectivity index (χ2n) is 10.8. The predicted molar refractivity (Wildman–Crippen MR) is 145 cm³/mol. The number of nitrogens with one attached hydrogen (secondary N) is 1. The summed E-state index contributed by atoms with van der Waals surface area (Å²) in [6.45, 7) is 7.56. The summed E-state index contributed by atoms with van der Waals surface area (Å²) in [7, 11) is -0.906. The van der Waals surface area contributed by atoms with Crippen LogP contribution in [0.25, 0.3) is 17.2 Å². The molecule has 1 saturated heterocycles. The molecule has 3 aromatic carbocycles. The van der Waals surface area contributed by atoms with Crippen molar-refractivity contribution >= 4 is 19.3 Å². The lowest BCUT2D eigenvalue weighted by Crippen LogP contribution is -2.41. The van der Waals surface area contributed by atoms with Gasteiger partial charge in [-0.3, -0.25) is 0 Å². The Morgan fingerprint density at radius 2 is 1.51 bits per heavy atom. The molecule has 0 atom stereocenters. The highest BCUT2D eigenvalue weighted by Gasteiger charge is 2.52. The molecular weight excluding hydrogens is 503 g/mol. The predicted octanol–water partition coefficient (Wildman–Crippen LogP) is 6.22. The first kappa shape index (κ1) is 26.9. The summed E-state index contributed by atoms with van der Waals surface area (Å²) in [5.41, 5.74) is 3.49. The fourth-order valence-corrected chi connectivity index (χ4v) is 4.89. The molecule has 1 heterocycles. The highest BCUT2D eigenvalue weighted by Crippen LogP contribution is 2.44. The van der Waals surface area contributed by atoms with Crippen LogP contribution < -0.4 is 5.32 Å². The minimum Gasteiger partial charge on any atom is -0.507 e. The molecule has 0 unspecified atom stereocenters. The smallest absolute Gasteiger partial charge is 0.492 e. The van der Waals surface area contributed by atoms with Gasteiger partial charge in [0.2, 0.25) is 0 Å². The van der Waals surface area contributed by atoms with Crippen LogP contribution in [0.1, 0.15) is 50.3 Å². The zero-order valence-electron chi connectivity index (χ0n) is 22.3. The van der Waals surface area contributed by atoms with Gasteiger partial charge in [0, 0.05) is 24.1 Å². The highest BCUT2D eigenvalue weighted by molar-refractivity contribution is 6.56. The van der Waals surface area contributed by atoms with Gasteiger partial charge in [-0.15, -0.1) is 0 Å². The topological polar surface area (TPSA) is 77.0 Å². The number of alkyl carbamates (subject to hydrolysis) is 1. The molecular formula is C30H30BF2NO5. The van der Waals surface area contributed by atoms with Crippen LogP contribution >= 0.6 is 0 Å². The molecule has 0 saturated carbocycles. The van der Waals surface area contributed by atoms with E-state index in [4.69, 9.17) is 14.0 Å². The number of fused-ring (bicyclic) bond motifs is 3. The molecule has 3 aromatic rings. The summed E-state index contributed by atoms with van der Waals surface area (Å²) in [6.07, 6.45) is 0.762. The van der Waals surface area contributed by atoms with E-state index < -0.39 is 41.8 Å². The molecule has 1 fully saturated rings. The Kier molecular flexibility index (Phi) is 6.99. The van der Waals surface area contributed by atoms with Crippen LogP contribution in [-0.4, -0.2) is 42.7 Å². The van der Waals surface area contributed by atoms with E-state index in [1.807, 2.05) is 64.1 Å². The quantitative estimate of drug-likeness (QED) is 0.368. The summed E-state index contributed by atoms with van der Waals surface area (Å²) >= 11 is 0. The van der Waals surface area contributed by atoms with Crippen LogP contribution in [-0.2, 0) is 14.0 Å². The molecule has 5 rings (SSSR count). The largest absolute Gasteiger partial charge is 0.507 e. The minimum absolute atomic E-state index is 0.0212. The number of hydrogen-bond donors (Lipinski definition) is 2. The van der Waals surface area contributed by atoms with E-state index in [1.165, 1.54) is 6.08 Å². The standard InChI is InChI=1S/C30H30BF2NO5/c1-29(2)30(3,4)39-31(38-29)19(13-18-14-25(32)26(33)15-27(18)35)16-34-28(36)37-17-24-22-11-7-5-9-20(22)21-10-6-8-12-23(21)24/h5-15,24,35H,16-17H2,1-4H3,(H,34,36). The van der Waals surface area contributed by atoms with Gasteiger partial charge in [0.1, 0.15) is 12.4 Å². The molecule has 1 aliphatic carbocycles. The number of halogens is 2. The molecule has 9 heteroatoms. The van der Waals surface area contributed by atoms with Crippen LogP contribution in [0.4, 0.5) is 13.6 Å². The van der Waals surface area contributed by atoms with Crippen molar-refractivity contribution in [3.63, 3.8) is 0 Å². The van der Waals surface area contributed by atoms with Crippen molar-refractivity contribution in [1.29, 1.82) is 0 Å². The van der Waals surface area contributed by atoms with Crippen molar-refractivity contribution < 1.29 is 32.7 Å². The van der Waals surface area contributed by atoms with Crippen molar-refractivity contribution in [3.05, 3.63) is 94.5 Å². The Bertz CT molecular complexity index is 1390. The summed E-state index contributed by atoms with van der Waals surface area (Å²) in [5, 5.41) is 12.9. The number of carbonyl (C=O) groups excluding carboxylic acids is 1. The van der Waals surface area contributed by atoms with Gasteiger partial charge < -0.3 is 24.5 Å². The van der Waals surface area contributed by atoms with Gasteiger partial charge in [0.25, 0.3) is 0 Å². The Morgan fingerprint density at radius 1 is 0.974 bits per heavy atom. The van der Waals surface area contributed by atoms with Crippen molar-refractivity contribution in [1.82, 2.24) is 5.32 Å². The number of hydrogen-bond acceptors (Lipinski definition) is 5. The van der Waals surface area contributed by atoms with E-state index in [9.17, 15) is 18.7 Å². The molecule has 0 spiro atoms. The van der Waals surface area contributed by atoms with E-state index in [-0.39, 0.29) is 24.6 Å². The molecule has 0 bridgehead atoms. The van der Waals surface area contributed by atoms with Crippen LogP contribution in [0.2, 0.25) is 0 Å². The third-order valence-corrected chi connectivity index (χ3v) is 7.75.